The average Bonchev–Trinajstić information content (AvgIpc) is 3.07. The van der Waals surface area contributed by atoms with Crippen molar-refractivity contribution in [3.8, 4) is 0 Å². The standard InChI is InChI=1S/C29H38O4/c1-18(31)19-4-6-20(7-5-19)25-17-28(2)26(12-14-29(28,33)13-3-15-30)24-10-8-21-16-22(32)9-11-23(21)27(24)25/h4-7,16,23-27,30,33H,3,8-15,17H2,1-2H3/t23-,24-,25+,26+,27+,28-,29+/m0/s1. The van der Waals surface area contributed by atoms with Gasteiger partial charge in [0.2, 0.25) is 0 Å². The van der Waals surface area contributed by atoms with Gasteiger partial charge >= 0.3 is 0 Å². The number of hydrogen-bond donors (Lipinski definition) is 2. The average molecular weight is 451 g/mol. The van der Waals surface area contributed by atoms with Gasteiger partial charge in [-0.3, -0.25) is 9.59 Å². The lowest BCUT2D eigenvalue weighted by Gasteiger charge is -2.59. The lowest BCUT2D eigenvalue weighted by molar-refractivity contribution is -0.131. The molecule has 0 bridgehead atoms. The molecule has 4 nitrogen and oxygen atoms in total. The van der Waals surface area contributed by atoms with Crippen molar-refractivity contribution in [1.82, 2.24) is 0 Å². The molecule has 33 heavy (non-hydrogen) atoms. The molecule has 0 radical (unpaired) electrons. The van der Waals surface area contributed by atoms with E-state index in [1.165, 1.54) is 11.1 Å². The van der Waals surface area contributed by atoms with Crippen LogP contribution in [0.25, 0.3) is 0 Å². The Kier molecular flexibility index (Phi) is 5.89. The second-order valence-corrected chi connectivity index (χ2v) is 11.5. The van der Waals surface area contributed by atoms with E-state index >= 15 is 0 Å². The molecule has 0 saturated heterocycles. The molecule has 0 aromatic heterocycles. The number of aliphatic hydroxyl groups is 2. The van der Waals surface area contributed by atoms with Crippen molar-refractivity contribution in [2.75, 3.05) is 6.61 Å². The summed E-state index contributed by atoms with van der Waals surface area (Å²) in [4.78, 5) is 24.1. The summed E-state index contributed by atoms with van der Waals surface area (Å²) in [5, 5.41) is 21.4. The minimum atomic E-state index is -0.735. The van der Waals surface area contributed by atoms with Gasteiger partial charge in [-0.25, -0.2) is 0 Å². The molecule has 4 heteroatoms. The van der Waals surface area contributed by atoms with Crippen molar-refractivity contribution in [1.29, 1.82) is 0 Å². The predicted molar refractivity (Wildman–Crippen MR) is 128 cm³/mol. The lowest BCUT2D eigenvalue weighted by atomic mass is 9.46. The highest BCUT2D eigenvalue weighted by molar-refractivity contribution is 5.94. The zero-order valence-electron chi connectivity index (χ0n) is 20.1. The first kappa shape index (κ1) is 23.0. The van der Waals surface area contributed by atoms with Crippen LogP contribution in [0.3, 0.4) is 0 Å². The number of aliphatic hydroxyl groups excluding tert-OH is 1. The minimum Gasteiger partial charge on any atom is -0.396 e. The normalized spacial score (nSPS) is 39.9. The van der Waals surface area contributed by atoms with Gasteiger partial charge in [0.15, 0.2) is 11.6 Å². The first-order valence-electron chi connectivity index (χ1n) is 12.9. The maximum atomic E-state index is 12.2. The minimum absolute atomic E-state index is 0.0814. The molecule has 1 aromatic carbocycles. The second kappa shape index (κ2) is 8.46. The molecule has 5 rings (SSSR count). The highest BCUT2D eigenvalue weighted by Gasteiger charge is 2.64. The maximum Gasteiger partial charge on any atom is 0.159 e. The molecule has 3 saturated carbocycles. The quantitative estimate of drug-likeness (QED) is 0.603. The van der Waals surface area contributed by atoms with Crippen LogP contribution in [0.2, 0.25) is 0 Å². The highest BCUT2D eigenvalue weighted by Crippen LogP contribution is 2.68. The van der Waals surface area contributed by atoms with Crippen LogP contribution in [0.1, 0.15) is 93.5 Å². The Balaban J connectivity index is 1.57. The Morgan fingerprint density at radius 1 is 1.09 bits per heavy atom. The van der Waals surface area contributed by atoms with Crippen molar-refractivity contribution < 1.29 is 19.8 Å². The summed E-state index contributed by atoms with van der Waals surface area (Å²) in [6.07, 6.45) is 9.75. The Hall–Kier alpha value is -1.78. The number of fused-ring (bicyclic) bond motifs is 5. The van der Waals surface area contributed by atoms with E-state index in [0.29, 0.717) is 48.9 Å². The number of Topliss-reactive ketones (excluding diaryl/α,β-unsaturated/α-hetero) is 1. The summed E-state index contributed by atoms with van der Waals surface area (Å²) in [6, 6.07) is 8.18. The second-order valence-electron chi connectivity index (χ2n) is 11.5. The third-order valence-electron chi connectivity index (χ3n) is 10.1. The summed E-state index contributed by atoms with van der Waals surface area (Å²) in [5.41, 5.74) is 2.45. The van der Waals surface area contributed by atoms with E-state index in [1.807, 2.05) is 18.2 Å². The lowest BCUT2D eigenvalue weighted by Crippen LogP contribution is -2.55. The van der Waals surface area contributed by atoms with Crippen molar-refractivity contribution >= 4 is 11.6 Å². The molecule has 2 N–H and O–H groups in total. The molecule has 0 unspecified atom stereocenters. The monoisotopic (exact) mass is 450 g/mol. The fourth-order valence-electron chi connectivity index (χ4n) is 8.49. The largest absolute Gasteiger partial charge is 0.396 e. The van der Waals surface area contributed by atoms with Crippen molar-refractivity contribution in [2.24, 2.45) is 29.1 Å². The van der Waals surface area contributed by atoms with Gasteiger partial charge in [-0.15, -0.1) is 0 Å². The molecule has 7 atom stereocenters. The molecule has 0 aliphatic heterocycles. The molecule has 0 spiro atoms. The van der Waals surface area contributed by atoms with E-state index in [-0.39, 0.29) is 23.6 Å². The fraction of sp³-hybridized carbons (Fsp3) is 0.655. The van der Waals surface area contributed by atoms with Crippen LogP contribution < -0.4 is 0 Å². The number of carbonyl (C=O) groups excluding carboxylic acids is 2. The highest BCUT2D eigenvalue weighted by atomic mass is 16.3. The molecule has 1 aromatic rings. The van der Waals surface area contributed by atoms with Crippen LogP contribution in [0.4, 0.5) is 0 Å². The maximum absolute atomic E-state index is 12.2. The van der Waals surface area contributed by atoms with Gasteiger partial charge in [-0.2, -0.15) is 0 Å². The smallest absolute Gasteiger partial charge is 0.159 e. The van der Waals surface area contributed by atoms with E-state index in [0.717, 1.165) is 44.1 Å². The number of carbonyl (C=O) groups is 2. The Morgan fingerprint density at radius 2 is 1.85 bits per heavy atom. The van der Waals surface area contributed by atoms with Gasteiger partial charge in [-0.1, -0.05) is 36.8 Å². The van der Waals surface area contributed by atoms with Crippen molar-refractivity contribution in [3.63, 3.8) is 0 Å². The first-order valence-corrected chi connectivity index (χ1v) is 12.9. The van der Waals surface area contributed by atoms with Gasteiger partial charge in [0, 0.05) is 18.6 Å². The summed E-state index contributed by atoms with van der Waals surface area (Å²) < 4.78 is 0. The van der Waals surface area contributed by atoms with Crippen LogP contribution in [0.15, 0.2) is 35.9 Å². The van der Waals surface area contributed by atoms with Crippen LogP contribution in [-0.2, 0) is 4.79 Å². The zero-order valence-corrected chi connectivity index (χ0v) is 20.1. The summed E-state index contributed by atoms with van der Waals surface area (Å²) in [5.74, 6) is 2.63. The van der Waals surface area contributed by atoms with Crippen LogP contribution in [0, 0.1) is 29.1 Å². The molecular weight excluding hydrogens is 412 g/mol. The fourth-order valence-corrected chi connectivity index (χ4v) is 8.49. The van der Waals surface area contributed by atoms with Crippen molar-refractivity contribution in [3.05, 3.63) is 47.0 Å². The van der Waals surface area contributed by atoms with E-state index in [2.05, 4.69) is 19.1 Å². The molecular formula is C29H38O4. The third kappa shape index (κ3) is 3.65. The topological polar surface area (TPSA) is 74.6 Å². The molecule has 0 heterocycles. The Bertz CT molecular complexity index is 962. The van der Waals surface area contributed by atoms with Crippen LogP contribution >= 0.6 is 0 Å². The zero-order chi connectivity index (χ0) is 23.4. The van der Waals surface area contributed by atoms with E-state index < -0.39 is 5.60 Å². The summed E-state index contributed by atoms with van der Waals surface area (Å²) in [7, 11) is 0. The molecule has 3 fully saturated rings. The third-order valence-corrected chi connectivity index (χ3v) is 10.1. The van der Waals surface area contributed by atoms with Gasteiger partial charge in [0.25, 0.3) is 0 Å². The number of allylic oxidation sites excluding steroid dienone is 1. The SMILES string of the molecule is CC(=O)c1ccc([C@H]2C[C@@]3(C)[C@H](CC[C@]3(O)CCCO)[C@@H]3CCC4=CC(=O)CC[C@@H]4[C@H]32)cc1. The van der Waals surface area contributed by atoms with Crippen LogP contribution in [0.5, 0.6) is 0 Å². The molecule has 4 aliphatic carbocycles. The van der Waals surface area contributed by atoms with E-state index in [4.69, 9.17) is 0 Å². The van der Waals surface area contributed by atoms with Gasteiger partial charge < -0.3 is 10.2 Å². The van der Waals surface area contributed by atoms with Crippen molar-refractivity contribution in [2.45, 2.75) is 83.2 Å². The number of ketones is 2. The molecule has 4 aliphatic rings. The summed E-state index contributed by atoms with van der Waals surface area (Å²) >= 11 is 0. The molecule has 0 amide bonds. The van der Waals surface area contributed by atoms with Gasteiger partial charge in [0.05, 0.1) is 5.60 Å². The van der Waals surface area contributed by atoms with E-state index in [9.17, 15) is 19.8 Å². The Labute approximate surface area is 197 Å². The number of hydrogen-bond acceptors (Lipinski definition) is 4. The predicted octanol–water partition coefficient (Wildman–Crippen LogP) is 5.23. The van der Waals surface area contributed by atoms with Crippen LogP contribution in [-0.4, -0.2) is 34.0 Å². The number of benzene rings is 1. The van der Waals surface area contributed by atoms with E-state index in [1.54, 1.807) is 6.92 Å². The Morgan fingerprint density at radius 3 is 2.55 bits per heavy atom. The summed E-state index contributed by atoms with van der Waals surface area (Å²) in [6.45, 7) is 4.04. The van der Waals surface area contributed by atoms with Gasteiger partial charge in [0.1, 0.15) is 0 Å². The number of rotatable bonds is 5. The van der Waals surface area contributed by atoms with Gasteiger partial charge in [-0.05, 0) is 105 Å². The first-order chi connectivity index (χ1) is 15.8. The molecule has 178 valence electrons.